The van der Waals surface area contributed by atoms with Crippen molar-refractivity contribution in [2.24, 2.45) is 5.73 Å². The van der Waals surface area contributed by atoms with Crippen LogP contribution in [0.1, 0.15) is 42.8 Å². The fraction of sp³-hybridized carbons (Fsp3) is 0.350. The number of pyridine rings is 1. The van der Waals surface area contributed by atoms with E-state index in [0.29, 0.717) is 18.8 Å². The van der Waals surface area contributed by atoms with Gasteiger partial charge < -0.3 is 11.1 Å². The first-order valence-electron chi connectivity index (χ1n) is 9.07. The van der Waals surface area contributed by atoms with E-state index in [-0.39, 0.29) is 28.9 Å². The number of nitrogens with zero attached hydrogens (tertiary/aromatic N) is 3. The van der Waals surface area contributed by atoms with E-state index in [1.165, 1.54) is 9.13 Å². The van der Waals surface area contributed by atoms with Crippen LogP contribution >= 0.6 is 27.5 Å². The molecule has 0 radical (unpaired) electrons. The number of imidazole rings is 1. The van der Waals surface area contributed by atoms with E-state index in [0.717, 1.165) is 26.9 Å². The van der Waals surface area contributed by atoms with Crippen molar-refractivity contribution in [3.63, 3.8) is 0 Å². The van der Waals surface area contributed by atoms with E-state index >= 15 is 0 Å². The molecule has 29 heavy (non-hydrogen) atoms. The summed E-state index contributed by atoms with van der Waals surface area (Å²) in [6.45, 7) is 12.1. The molecule has 7 nitrogen and oxygen atoms in total. The van der Waals surface area contributed by atoms with Crippen molar-refractivity contribution >= 4 is 38.5 Å². The lowest BCUT2D eigenvalue weighted by molar-refractivity contribution is 0.634. The summed E-state index contributed by atoms with van der Waals surface area (Å²) in [5.41, 5.74) is 9.55. The van der Waals surface area contributed by atoms with Gasteiger partial charge in [0.2, 0.25) is 0 Å². The number of rotatable bonds is 8. The molecule has 0 saturated carbocycles. The molecule has 0 aliphatic heterocycles. The summed E-state index contributed by atoms with van der Waals surface area (Å²) in [5, 5.41) is 10.7. The Bertz CT molecular complexity index is 1050. The Kier molecular flexibility index (Phi) is 7.48. The van der Waals surface area contributed by atoms with E-state index in [1.54, 1.807) is 6.20 Å². The summed E-state index contributed by atoms with van der Waals surface area (Å²) >= 11 is 9.63. The summed E-state index contributed by atoms with van der Waals surface area (Å²) in [5.74, 6) is 0.478. The standard InChI is InChI=1S/C20H26BrClN6O/c1-11(2)7-6-8-27-17(18(22)24)19(26-14(5)23)28(20(27)29)10-15-13(4)16(21)12(3)9-25-15/h7,9,24,26H,5-6,8,10,23H2,1-4H3. The highest BCUT2D eigenvalue weighted by molar-refractivity contribution is 9.10. The van der Waals surface area contributed by atoms with Crippen LogP contribution in [-0.4, -0.2) is 19.3 Å². The summed E-state index contributed by atoms with van der Waals surface area (Å²) in [6.07, 6.45) is 4.42. The van der Waals surface area contributed by atoms with Crippen molar-refractivity contribution in [3.05, 3.63) is 67.7 Å². The lowest BCUT2D eigenvalue weighted by Crippen LogP contribution is -2.27. The summed E-state index contributed by atoms with van der Waals surface area (Å²) in [7, 11) is 0. The van der Waals surface area contributed by atoms with Gasteiger partial charge in [-0.25, -0.2) is 4.79 Å². The van der Waals surface area contributed by atoms with Crippen LogP contribution in [0.4, 0.5) is 5.82 Å². The molecule has 4 N–H and O–H groups in total. The molecular weight excluding hydrogens is 456 g/mol. The first-order chi connectivity index (χ1) is 13.5. The van der Waals surface area contributed by atoms with Gasteiger partial charge in [0.15, 0.2) is 0 Å². The van der Waals surface area contributed by atoms with E-state index in [9.17, 15) is 4.79 Å². The molecule has 0 spiro atoms. The second kappa shape index (κ2) is 9.45. The van der Waals surface area contributed by atoms with Crippen LogP contribution in [0.2, 0.25) is 0 Å². The third-order valence-corrected chi connectivity index (χ3v) is 5.85. The Labute approximate surface area is 183 Å². The number of anilines is 1. The lowest BCUT2D eigenvalue weighted by atomic mass is 10.1. The molecule has 0 aliphatic carbocycles. The van der Waals surface area contributed by atoms with Crippen LogP contribution in [-0.2, 0) is 13.1 Å². The SMILES string of the molecule is C=C(N)Nc1c(C(=N)Cl)n(CCC=C(C)C)c(=O)n1Cc1ncc(C)c(Br)c1C. The highest BCUT2D eigenvalue weighted by Crippen LogP contribution is 2.25. The van der Waals surface area contributed by atoms with Crippen LogP contribution in [0.5, 0.6) is 0 Å². The molecule has 0 amide bonds. The van der Waals surface area contributed by atoms with Gasteiger partial charge in [-0.15, -0.1) is 0 Å². The smallest absolute Gasteiger partial charge is 0.330 e. The predicted molar refractivity (Wildman–Crippen MR) is 123 cm³/mol. The molecule has 2 aromatic heterocycles. The molecule has 2 heterocycles. The second-order valence-corrected chi connectivity index (χ2v) is 8.25. The van der Waals surface area contributed by atoms with Crippen LogP contribution in [0.3, 0.4) is 0 Å². The van der Waals surface area contributed by atoms with Crippen molar-refractivity contribution in [1.29, 1.82) is 5.41 Å². The quantitative estimate of drug-likeness (QED) is 0.388. The van der Waals surface area contributed by atoms with E-state index in [1.807, 2.05) is 33.8 Å². The Morgan fingerprint density at radius 2 is 2.07 bits per heavy atom. The van der Waals surface area contributed by atoms with Gasteiger partial charge in [-0.2, -0.15) is 0 Å². The maximum Gasteiger partial charge on any atom is 0.330 e. The first-order valence-corrected chi connectivity index (χ1v) is 10.2. The predicted octanol–water partition coefficient (Wildman–Crippen LogP) is 4.23. The Morgan fingerprint density at radius 3 is 2.62 bits per heavy atom. The fourth-order valence-corrected chi connectivity index (χ4v) is 3.51. The molecular formula is C20H26BrClN6O. The van der Waals surface area contributed by atoms with Crippen LogP contribution in [0.15, 0.2) is 39.5 Å². The monoisotopic (exact) mass is 480 g/mol. The molecule has 0 fully saturated rings. The van der Waals surface area contributed by atoms with Gasteiger partial charge in [0, 0.05) is 17.2 Å². The minimum absolute atomic E-state index is 0.147. The molecule has 156 valence electrons. The van der Waals surface area contributed by atoms with Crippen molar-refractivity contribution in [3.8, 4) is 0 Å². The molecule has 0 atom stereocenters. The Hall–Kier alpha value is -2.32. The van der Waals surface area contributed by atoms with Gasteiger partial charge in [-0.05, 0) is 45.2 Å². The molecule has 0 unspecified atom stereocenters. The van der Waals surface area contributed by atoms with Crippen molar-refractivity contribution < 1.29 is 0 Å². The maximum atomic E-state index is 13.2. The van der Waals surface area contributed by atoms with Gasteiger partial charge in [0.1, 0.15) is 16.7 Å². The molecule has 0 bridgehead atoms. The first kappa shape index (κ1) is 23.0. The minimum atomic E-state index is -0.297. The fourth-order valence-electron chi connectivity index (χ4n) is 2.99. The summed E-state index contributed by atoms with van der Waals surface area (Å²) in [4.78, 5) is 17.7. The molecule has 2 aromatic rings. The average molecular weight is 482 g/mol. The van der Waals surface area contributed by atoms with Gasteiger partial charge in [0.05, 0.1) is 18.1 Å². The number of aromatic nitrogens is 3. The Balaban J connectivity index is 2.65. The minimum Gasteiger partial charge on any atom is -0.386 e. The van der Waals surface area contributed by atoms with Gasteiger partial charge >= 0.3 is 5.69 Å². The number of hydrogen-bond donors (Lipinski definition) is 3. The third kappa shape index (κ3) is 5.19. The van der Waals surface area contributed by atoms with Crippen molar-refractivity contribution in [2.45, 2.75) is 47.2 Å². The van der Waals surface area contributed by atoms with E-state index in [4.69, 9.17) is 22.7 Å². The number of halogens is 2. The third-order valence-electron chi connectivity index (χ3n) is 4.45. The zero-order chi connectivity index (χ0) is 21.9. The van der Waals surface area contributed by atoms with Crippen LogP contribution in [0, 0.1) is 19.3 Å². The normalized spacial score (nSPS) is 10.7. The summed E-state index contributed by atoms with van der Waals surface area (Å²) < 4.78 is 3.92. The van der Waals surface area contributed by atoms with Crippen molar-refractivity contribution in [2.75, 3.05) is 5.32 Å². The molecule has 0 aliphatic rings. The summed E-state index contributed by atoms with van der Waals surface area (Å²) in [6, 6.07) is 0. The number of aryl methyl sites for hydroxylation is 1. The largest absolute Gasteiger partial charge is 0.386 e. The van der Waals surface area contributed by atoms with Crippen LogP contribution in [0.25, 0.3) is 0 Å². The molecule has 0 aromatic carbocycles. The topological polar surface area (TPSA) is 102 Å². The van der Waals surface area contributed by atoms with Crippen LogP contribution < -0.4 is 16.7 Å². The second-order valence-electron chi connectivity index (χ2n) is 7.08. The lowest BCUT2D eigenvalue weighted by Gasteiger charge is -2.13. The highest BCUT2D eigenvalue weighted by Gasteiger charge is 2.23. The van der Waals surface area contributed by atoms with Crippen molar-refractivity contribution in [1.82, 2.24) is 14.1 Å². The Morgan fingerprint density at radius 1 is 1.41 bits per heavy atom. The zero-order valence-electron chi connectivity index (χ0n) is 17.1. The van der Waals surface area contributed by atoms with Gasteiger partial charge in [-0.3, -0.25) is 19.5 Å². The number of nitrogens with one attached hydrogen (secondary N) is 2. The molecule has 9 heteroatoms. The molecule has 2 rings (SSSR count). The van der Waals surface area contributed by atoms with Gasteiger partial charge in [0.25, 0.3) is 0 Å². The average Bonchev–Trinajstić information content (AvgIpc) is 2.86. The highest BCUT2D eigenvalue weighted by atomic mass is 79.9. The number of hydrogen-bond acceptors (Lipinski definition) is 5. The molecule has 0 saturated heterocycles. The van der Waals surface area contributed by atoms with E-state index < -0.39 is 0 Å². The number of nitrogens with two attached hydrogens (primary N) is 1. The zero-order valence-corrected chi connectivity index (χ0v) is 19.4. The van der Waals surface area contributed by atoms with Gasteiger partial charge in [-0.1, -0.05) is 45.8 Å². The maximum absolute atomic E-state index is 13.2. The number of allylic oxidation sites excluding steroid dienone is 2. The van der Waals surface area contributed by atoms with E-state index in [2.05, 4.69) is 32.8 Å².